The molecule has 0 saturated heterocycles. The van der Waals surface area contributed by atoms with Crippen LogP contribution in [0.4, 0.5) is 0 Å². The maximum absolute atomic E-state index is 2.81. The van der Waals surface area contributed by atoms with Crippen molar-refractivity contribution < 1.29 is 0 Å². The Morgan fingerprint density at radius 3 is 1.10 bits per heavy atom. The monoisotopic (exact) mass is 314 g/mol. The van der Waals surface area contributed by atoms with Crippen LogP contribution in [0.1, 0.15) is 79.1 Å². The smallest absolute Gasteiger partial charge is 0.0590 e. The molecular weight excluding hydrogens is 272 g/mol. The summed E-state index contributed by atoms with van der Waals surface area (Å²) >= 11 is 0. The summed E-state index contributed by atoms with van der Waals surface area (Å²) in [5.41, 5.74) is 0. The molecule has 21 heavy (non-hydrogen) atoms. The lowest BCUT2D eigenvalue weighted by molar-refractivity contribution is 0.0505. The zero-order valence-corrected chi connectivity index (χ0v) is 17.7. The number of hydrogen-bond acceptors (Lipinski definition) is 2. The van der Waals surface area contributed by atoms with Gasteiger partial charge < -0.3 is 0 Å². The van der Waals surface area contributed by atoms with Gasteiger partial charge in [-0.1, -0.05) is 53.4 Å². The van der Waals surface area contributed by atoms with Crippen LogP contribution in [0.15, 0.2) is 0 Å². The summed E-state index contributed by atoms with van der Waals surface area (Å²) in [5, 5.41) is 0. The van der Waals surface area contributed by atoms with Crippen LogP contribution in [-0.4, -0.2) is 52.4 Å². The molecule has 0 aliphatic carbocycles. The molecule has 0 aromatic heterocycles. The average molecular weight is 315 g/mol. The molecule has 0 fully saturated rings. The molecule has 0 amide bonds. The Kier molecular flexibility index (Phi) is 15.1. The number of hydrogen-bond donors (Lipinski definition) is 0. The topological polar surface area (TPSA) is 6.48 Å². The summed E-state index contributed by atoms with van der Waals surface area (Å²) in [7, 11) is 1.32. The minimum atomic E-state index is 0.730. The predicted octanol–water partition coefficient (Wildman–Crippen LogP) is 3.90. The van der Waals surface area contributed by atoms with Gasteiger partial charge >= 0.3 is 0 Å². The normalized spacial score (nSPS) is 12.1. The lowest BCUT2D eigenvalue weighted by atomic mass is 10.2. The fourth-order valence-corrected chi connectivity index (χ4v) is 4.04. The van der Waals surface area contributed by atoms with E-state index in [2.05, 4.69) is 37.5 Å². The molecule has 2 nitrogen and oxygen atoms in total. The molecule has 0 aliphatic rings. The van der Waals surface area contributed by atoms with Crippen molar-refractivity contribution in [3.05, 3.63) is 0 Å². The van der Waals surface area contributed by atoms with Crippen molar-refractivity contribution in [1.82, 2.24) is 9.80 Å². The van der Waals surface area contributed by atoms with Gasteiger partial charge in [0.15, 0.2) is 0 Å². The van der Waals surface area contributed by atoms with Crippen LogP contribution in [-0.2, 0) is 0 Å². The van der Waals surface area contributed by atoms with Crippen LogP contribution >= 0.6 is 0 Å². The molecule has 128 valence electrons. The fourth-order valence-electron chi connectivity index (χ4n) is 3.01. The van der Waals surface area contributed by atoms with Crippen LogP contribution in [0.2, 0.25) is 6.04 Å². The molecule has 0 heterocycles. The molecule has 0 N–H and O–H groups in total. The highest BCUT2D eigenvalue weighted by molar-refractivity contribution is 6.08. The highest BCUT2D eigenvalue weighted by Gasteiger charge is 2.22. The Balaban J connectivity index is 4.73. The number of unbranched alkanes of at least 4 members (excludes halogenated alkanes) is 4. The minimum absolute atomic E-state index is 0.730. The molecule has 0 saturated carbocycles. The van der Waals surface area contributed by atoms with Crippen molar-refractivity contribution >= 4 is 10.2 Å². The quantitative estimate of drug-likeness (QED) is 0.334. The van der Waals surface area contributed by atoms with E-state index in [4.69, 9.17) is 0 Å². The molecule has 0 radical (unpaired) electrons. The Morgan fingerprint density at radius 1 is 0.619 bits per heavy atom. The van der Waals surface area contributed by atoms with Gasteiger partial charge in [0.25, 0.3) is 0 Å². The van der Waals surface area contributed by atoms with E-state index < -0.39 is 0 Å². The first-order valence-electron chi connectivity index (χ1n) is 9.73. The fraction of sp³-hybridized carbons (Fsp3) is 1.00. The molecule has 0 rings (SSSR count). The number of nitrogens with zero attached hydrogens (tertiary/aromatic N) is 2. The van der Waals surface area contributed by atoms with Crippen LogP contribution in [0.3, 0.4) is 0 Å². The lowest BCUT2D eigenvalue weighted by Crippen LogP contribution is -2.49. The summed E-state index contributed by atoms with van der Waals surface area (Å²) in [6.07, 6.45) is 11.4. The highest BCUT2D eigenvalue weighted by Crippen LogP contribution is 2.15. The van der Waals surface area contributed by atoms with Crippen molar-refractivity contribution in [2.24, 2.45) is 0 Å². The molecular formula is C18H42N2Si. The second-order valence-corrected chi connectivity index (χ2v) is 7.19. The van der Waals surface area contributed by atoms with Gasteiger partial charge in [-0.2, -0.15) is 0 Å². The molecule has 0 atom stereocenters. The molecule has 0 unspecified atom stereocenters. The molecule has 3 heteroatoms. The van der Waals surface area contributed by atoms with Gasteiger partial charge in [0.1, 0.15) is 0 Å². The maximum atomic E-state index is 2.81. The first-order valence-corrected chi connectivity index (χ1v) is 11.1. The predicted molar refractivity (Wildman–Crippen MR) is 101 cm³/mol. The second-order valence-electron chi connectivity index (χ2n) is 6.38. The van der Waals surface area contributed by atoms with Crippen molar-refractivity contribution in [3.63, 3.8) is 0 Å². The van der Waals surface area contributed by atoms with Gasteiger partial charge in [0.05, 0.1) is 6.17 Å². The summed E-state index contributed by atoms with van der Waals surface area (Å²) in [6.45, 7) is 14.5. The van der Waals surface area contributed by atoms with E-state index >= 15 is 0 Å². The van der Waals surface area contributed by atoms with Crippen molar-refractivity contribution in [2.75, 3.05) is 26.2 Å². The van der Waals surface area contributed by atoms with Crippen LogP contribution < -0.4 is 0 Å². The maximum Gasteiger partial charge on any atom is 0.0590 e. The summed E-state index contributed by atoms with van der Waals surface area (Å²) in [5.74, 6) is 0. The van der Waals surface area contributed by atoms with Crippen LogP contribution in [0.5, 0.6) is 0 Å². The van der Waals surface area contributed by atoms with Gasteiger partial charge in [-0.3, -0.25) is 9.80 Å². The van der Waals surface area contributed by atoms with E-state index in [-0.39, 0.29) is 0 Å². The standard InChI is InChI=1S/C18H42N2Si/c1-5-9-13-19(14-10-6-2)18(17-21)20(15-11-7-3)16-12-8-4/h18H,5-17H2,1-4,21H3. The van der Waals surface area contributed by atoms with Crippen molar-refractivity contribution in [2.45, 2.75) is 91.3 Å². The molecule has 0 aromatic carbocycles. The van der Waals surface area contributed by atoms with Crippen molar-refractivity contribution in [1.29, 1.82) is 0 Å². The van der Waals surface area contributed by atoms with Crippen LogP contribution in [0.25, 0.3) is 0 Å². The Labute approximate surface area is 138 Å². The molecule has 0 aliphatic heterocycles. The summed E-state index contributed by atoms with van der Waals surface area (Å²) in [6, 6.07) is 1.40. The lowest BCUT2D eigenvalue weighted by Gasteiger charge is -2.40. The largest absolute Gasteiger partial charge is 0.288 e. The van der Waals surface area contributed by atoms with Crippen molar-refractivity contribution in [3.8, 4) is 0 Å². The molecule has 0 aromatic rings. The zero-order valence-electron chi connectivity index (χ0n) is 15.7. The molecule has 0 spiro atoms. The first-order chi connectivity index (χ1) is 10.2. The Hall–Kier alpha value is 0.137. The van der Waals surface area contributed by atoms with Gasteiger partial charge in [0, 0.05) is 10.2 Å². The van der Waals surface area contributed by atoms with E-state index in [9.17, 15) is 0 Å². The Morgan fingerprint density at radius 2 is 0.905 bits per heavy atom. The zero-order chi connectivity index (χ0) is 15.9. The SMILES string of the molecule is CCCCN(CCCC)C(C[SiH3])N(CCCC)CCCC. The third-order valence-electron chi connectivity index (χ3n) is 4.40. The van der Waals surface area contributed by atoms with Gasteiger partial charge in [-0.25, -0.2) is 0 Å². The highest BCUT2D eigenvalue weighted by atomic mass is 28.1. The van der Waals surface area contributed by atoms with Gasteiger partial charge in [0.2, 0.25) is 0 Å². The third-order valence-corrected chi connectivity index (χ3v) is 5.13. The van der Waals surface area contributed by atoms with E-state index in [0.717, 1.165) is 6.17 Å². The van der Waals surface area contributed by atoms with Gasteiger partial charge in [-0.05, 0) is 57.9 Å². The number of rotatable bonds is 15. The van der Waals surface area contributed by atoms with E-state index in [1.807, 2.05) is 0 Å². The minimum Gasteiger partial charge on any atom is -0.288 e. The average Bonchev–Trinajstić information content (AvgIpc) is 2.51. The van der Waals surface area contributed by atoms with Crippen LogP contribution in [0, 0.1) is 0 Å². The van der Waals surface area contributed by atoms with E-state index in [1.165, 1.54) is 93.8 Å². The third kappa shape index (κ3) is 9.70. The van der Waals surface area contributed by atoms with E-state index in [0.29, 0.717) is 0 Å². The second kappa shape index (κ2) is 15.0. The summed E-state index contributed by atoms with van der Waals surface area (Å²) < 4.78 is 0. The Bertz CT molecular complexity index is 175. The first kappa shape index (κ1) is 21.1. The summed E-state index contributed by atoms with van der Waals surface area (Å²) in [4.78, 5) is 5.62. The van der Waals surface area contributed by atoms with E-state index in [1.54, 1.807) is 0 Å². The molecule has 0 bridgehead atoms. The van der Waals surface area contributed by atoms with Gasteiger partial charge in [-0.15, -0.1) is 0 Å².